The molecule has 1 saturated carbocycles. The van der Waals surface area contributed by atoms with Crippen LogP contribution in [0.15, 0.2) is 0 Å². The molecule has 2 unspecified atom stereocenters. The van der Waals surface area contributed by atoms with Crippen molar-refractivity contribution in [3.63, 3.8) is 0 Å². The summed E-state index contributed by atoms with van der Waals surface area (Å²) in [6, 6.07) is 0.889. The van der Waals surface area contributed by atoms with Crippen LogP contribution >= 0.6 is 0 Å². The molecular formula is C9H19N. The first-order valence-electron chi connectivity index (χ1n) is 4.49. The standard InChI is InChI=1S/C7H13N.C2H6/c1-5-7-3-6(7)4-8(5)2;1-2/h5-7H,3-4H2,1-2H3;1-2H3/t5-,6?,7?;/m1./s1. The van der Waals surface area contributed by atoms with Crippen molar-refractivity contribution in [1.82, 2.24) is 4.90 Å². The van der Waals surface area contributed by atoms with Crippen LogP contribution in [-0.2, 0) is 0 Å². The molecule has 0 bridgehead atoms. The Kier molecular flexibility index (Phi) is 2.35. The molecule has 0 aromatic heterocycles. The van der Waals surface area contributed by atoms with Gasteiger partial charge in [-0.3, -0.25) is 0 Å². The molecule has 0 radical (unpaired) electrons. The summed E-state index contributed by atoms with van der Waals surface area (Å²) in [5.74, 6) is 2.18. The summed E-state index contributed by atoms with van der Waals surface area (Å²) in [7, 11) is 2.23. The third-order valence-electron chi connectivity index (χ3n) is 2.81. The van der Waals surface area contributed by atoms with Gasteiger partial charge < -0.3 is 4.90 Å². The Balaban J connectivity index is 0.000000231. The van der Waals surface area contributed by atoms with Crippen molar-refractivity contribution in [1.29, 1.82) is 0 Å². The average molecular weight is 141 g/mol. The lowest BCUT2D eigenvalue weighted by molar-refractivity contribution is 0.287. The molecule has 0 aromatic rings. The van der Waals surface area contributed by atoms with Gasteiger partial charge in [-0.2, -0.15) is 0 Å². The Morgan fingerprint density at radius 3 is 2.10 bits per heavy atom. The highest BCUT2D eigenvalue weighted by Gasteiger charge is 2.48. The largest absolute Gasteiger partial charge is 0.303 e. The second-order valence-electron chi connectivity index (χ2n) is 3.34. The van der Waals surface area contributed by atoms with Gasteiger partial charge in [0.05, 0.1) is 0 Å². The fourth-order valence-electron chi connectivity index (χ4n) is 1.93. The molecule has 1 nitrogen and oxygen atoms in total. The van der Waals surface area contributed by atoms with Crippen LogP contribution in [0.4, 0.5) is 0 Å². The molecule has 2 aliphatic rings. The summed E-state index contributed by atoms with van der Waals surface area (Å²) >= 11 is 0. The number of fused-ring (bicyclic) bond motifs is 1. The molecule has 0 amide bonds. The van der Waals surface area contributed by atoms with Gasteiger partial charge >= 0.3 is 0 Å². The molecule has 3 atom stereocenters. The van der Waals surface area contributed by atoms with Crippen LogP contribution in [0.25, 0.3) is 0 Å². The molecule has 2 rings (SSSR count). The van der Waals surface area contributed by atoms with E-state index in [9.17, 15) is 0 Å². The molecule has 0 aromatic carbocycles. The van der Waals surface area contributed by atoms with Crippen LogP contribution in [0.5, 0.6) is 0 Å². The van der Waals surface area contributed by atoms with Crippen LogP contribution in [0.3, 0.4) is 0 Å². The van der Waals surface area contributed by atoms with Crippen molar-refractivity contribution >= 4 is 0 Å². The third-order valence-corrected chi connectivity index (χ3v) is 2.81. The van der Waals surface area contributed by atoms with Crippen molar-refractivity contribution in [2.75, 3.05) is 13.6 Å². The van der Waals surface area contributed by atoms with Crippen molar-refractivity contribution < 1.29 is 0 Å². The Bertz CT molecular complexity index is 109. The normalized spacial score (nSPS) is 43.8. The lowest BCUT2D eigenvalue weighted by Gasteiger charge is -2.16. The van der Waals surface area contributed by atoms with Gasteiger partial charge in [0.25, 0.3) is 0 Å². The highest BCUT2D eigenvalue weighted by molar-refractivity contribution is 5.00. The van der Waals surface area contributed by atoms with Gasteiger partial charge in [0.1, 0.15) is 0 Å². The molecular weight excluding hydrogens is 122 g/mol. The summed E-state index contributed by atoms with van der Waals surface area (Å²) in [6.07, 6.45) is 1.52. The molecule has 1 aliphatic heterocycles. The molecule has 1 heteroatoms. The Labute approximate surface area is 64.4 Å². The molecule has 1 heterocycles. The molecule has 1 saturated heterocycles. The monoisotopic (exact) mass is 141 g/mol. The zero-order chi connectivity index (χ0) is 7.72. The van der Waals surface area contributed by atoms with E-state index in [0.717, 1.165) is 17.9 Å². The Morgan fingerprint density at radius 2 is 1.90 bits per heavy atom. The maximum Gasteiger partial charge on any atom is 0.00955 e. The van der Waals surface area contributed by atoms with Gasteiger partial charge in [-0.05, 0) is 32.2 Å². The molecule has 2 fully saturated rings. The topological polar surface area (TPSA) is 3.24 Å². The van der Waals surface area contributed by atoms with Crippen molar-refractivity contribution in [2.45, 2.75) is 33.2 Å². The first-order valence-corrected chi connectivity index (χ1v) is 4.49. The number of piperidine rings is 1. The quantitative estimate of drug-likeness (QED) is 0.498. The van der Waals surface area contributed by atoms with E-state index < -0.39 is 0 Å². The van der Waals surface area contributed by atoms with Crippen LogP contribution in [-0.4, -0.2) is 24.5 Å². The molecule has 0 spiro atoms. The van der Waals surface area contributed by atoms with Gasteiger partial charge in [0.2, 0.25) is 0 Å². The fraction of sp³-hybridized carbons (Fsp3) is 1.00. The number of rotatable bonds is 0. The maximum absolute atomic E-state index is 2.47. The zero-order valence-electron chi connectivity index (χ0n) is 7.59. The molecule has 10 heavy (non-hydrogen) atoms. The van der Waals surface area contributed by atoms with Crippen molar-refractivity contribution in [3.05, 3.63) is 0 Å². The van der Waals surface area contributed by atoms with E-state index in [4.69, 9.17) is 0 Å². The van der Waals surface area contributed by atoms with E-state index >= 15 is 0 Å². The van der Waals surface area contributed by atoms with E-state index in [-0.39, 0.29) is 0 Å². The SMILES string of the molecule is CC.C[C@@H]1C2CC2CN1C. The van der Waals surface area contributed by atoms with E-state index in [0.29, 0.717) is 0 Å². The summed E-state index contributed by atoms with van der Waals surface area (Å²) in [6.45, 7) is 7.71. The highest BCUT2D eigenvalue weighted by Crippen LogP contribution is 2.48. The highest BCUT2D eigenvalue weighted by atomic mass is 15.2. The van der Waals surface area contributed by atoms with Crippen LogP contribution < -0.4 is 0 Å². The number of hydrogen-bond acceptors (Lipinski definition) is 1. The molecule has 1 aliphatic carbocycles. The van der Waals surface area contributed by atoms with E-state index in [1.54, 1.807) is 0 Å². The van der Waals surface area contributed by atoms with Gasteiger partial charge in [0, 0.05) is 12.6 Å². The minimum Gasteiger partial charge on any atom is -0.303 e. The van der Waals surface area contributed by atoms with Crippen LogP contribution in [0.1, 0.15) is 27.2 Å². The fourth-order valence-corrected chi connectivity index (χ4v) is 1.93. The van der Waals surface area contributed by atoms with Crippen LogP contribution in [0, 0.1) is 11.8 Å². The van der Waals surface area contributed by atoms with Gasteiger partial charge in [-0.25, -0.2) is 0 Å². The average Bonchev–Trinajstić information content (AvgIpc) is 2.65. The maximum atomic E-state index is 2.47. The van der Waals surface area contributed by atoms with Crippen molar-refractivity contribution in [2.24, 2.45) is 11.8 Å². The first kappa shape index (κ1) is 8.06. The predicted octanol–water partition coefficient (Wildman–Crippen LogP) is 1.98. The summed E-state index contributed by atoms with van der Waals surface area (Å²) in [5, 5.41) is 0. The van der Waals surface area contributed by atoms with Crippen LogP contribution in [0.2, 0.25) is 0 Å². The predicted molar refractivity (Wildman–Crippen MR) is 45.0 cm³/mol. The van der Waals surface area contributed by atoms with Gasteiger partial charge in [-0.1, -0.05) is 13.8 Å². The number of likely N-dealkylation sites (tertiary alicyclic amines) is 1. The van der Waals surface area contributed by atoms with Gasteiger partial charge in [-0.15, -0.1) is 0 Å². The zero-order valence-corrected chi connectivity index (χ0v) is 7.59. The lowest BCUT2D eigenvalue weighted by Crippen LogP contribution is -2.25. The van der Waals surface area contributed by atoms with E-state index in [2.05, 4.69) is 18.9 Å². The van der Waals surface area contributed by atoms with E-state index in [1.165, 1.54) is 13.0 Å². The van der Waals surface area contributed by atoms with Crippen molar-refractivity contribution in [3.8, 4) is 0 Å². The minimum absolute atomic E-state index is 0.889. The summed E-state index contributed by atoms with van der Waals surface area (Å²) in [4.78, 5) is 2.47. The van der Waals surface area contributed by atoms with E-state index in [1.807, 2.05) is 13.8 Å². The third kappa shape index (κ3) is 1.20. The van der Waals surface area contributed by atoms with Gasteiger partial charge in [0.15, 0.2) is 0 Å². The first-order chi connectivity index (χ1) is 4.79. The molecule has 0 N–H and O–H groups in total. The Morgan fingerprint density at radius 1 is 1.30 bits per heavy atom. The number of nitrogens with zero attached hydrogens (tertiary/aromatic N) is 1. The minimum atomic E-state index is 0.889. The Hall–Kier alpha value is -0.0400. The lowest BCUT2D eigenvalue weighted by atomic mass is 10.2. The summed E-state index contributed by atoms with van der Waals surface area (Å²) < 4.78 is 0. The second kappa shape index (κ2) is 2.91. The smallest absolute Gasteiger partial charge is 0.00955 e. The summed E-state index contributed by atoms with van der Waals surface area (Å²) in [5.41, 5.74) is 0. The molecule has 60 valence electrons. The second-order valence-corrected chi connectivity index (χ2v) is 3.34. The number of hydrogen-bond donors (Lipinski definition) is 0.